The van der Waals surface area contributed by atoms with Crippen molar-refractivity contribution < 1.29 is 13.2 Å². The van der Waals surface area contributed by atoms with Crippen molar-refractivity contribution in [1.82, 2.24) is 5.32 Å². The largest absolute Gasteiger partial charge is 0.393 e. The molecule has 31 heavy (non-hydrogen) atoms. The molecule has 0 spiro atoms. The van der Waals surface area contributed by atoms with Crippen LogP contribution in [0, 0.1) is 0 Å². The smallest absolute Gasteiger partial charge is 0.389 e. The van der Waals surface area contributed by atoms with Crippen molar-refractivity contribution in [2.24, 2.45) is 0 Å². The third-order valence-electron chi connectivity index (χ3n) is 6.37. The number of nitrogens with one attached hydrogen (secondary N) is 1. The summed E-state index contributed by atoms with van der Waals surface area (Å²) >= 11 is 0. The van der Waals surface area contributed by atoms with Gasteiger partial charge < -0.3 is 5.32 Å². The topological polar surface area (TPSA) is 12.0 Å². The van der Waals surface area contributed by atoms with E-state index >= 15 is 0 Å². The minimum atomic E-state index is -4.09. The Morgan fingerprint density at radius 1 is 1.10 bits per heavy atom. The van der Waals surface area contributed by atoms with E-state index in [4.69, 9.17) is 0 Å². The van der Waals surface area contributed by atoms with E-state index in [1.165, 1.54) is 39.8 Å². The Morgan fingerprint density at radius 2 is 1.81 bits per heavy atom. The number of alkyl halides is 3. The molecule has 1 aliphatic heterocycles. The summed E-state index contributed by atoms with van der Waals surface area (Å²) in [5, 5.41) is 3.37. The molecule has 1 aliphatic rings. The number of fused-ring (bicyclic) bond motifs is 1. The molecule has 0 amide bonds. The van der Waals surface area contributed by atoms with Crippen LogP contribution in [0.5, 0.6) is 0 Å². The minimum Gasteiger partial charge on any atom is -0.393 e. The molecule has 0 radical (unpaired) electrons. The molecule has 5 heteroatoms. The van der Waals surface area contributed by atoms with Crippen LogP contribution in [0.25, 0.3) is 5.57 Å². The number of hydrogen-bond donors (Lipinski definition) is 1. The van der Waals surface area contributed by atoms with Gasteiger partial charge in [-0.2, -0.15) is 13.2 Å². The monoisotopic (exact) mass is 431 g/mol. The first-order valence-corrected chi connectivity index (χ1v) is 11.6. The van der Waals surface area contributed by atoms with Gasteiger partial charge in [-0.25, -0.2) is 0 Å². The van der Waals surface area contributed by atoms with Gasteiger partial charge in [-0.05, 0) is 81.0 Å². The van der Waals surface area contributed by atoms with Gasteiger partial charge in [0.2, 0.25) is 0 Å². The van der Waals surface area contributed by atoms with E-state index in [-0.39, 0.29) is 12.4 Å². The van der Waals surface area contributed by atoms with Gasteiger partial charge in [0.25, 0.3) is 0 Å². The van der Waals surface area contributed by atoms with Crippen molar-refractivity contribution in [3.05, 3.63) is 64.9 Å². The number of allylic oxidation sites excluding steroid dienone is 4. The Hall–Kier alpha value is -1.91. The Bertz CT molecular complexity index is 807. The standard InChI is InChI=1S/C26H37BF3N/c1-6-9-18(2)19(3)13-14-20(4)23-12-7-11-22-16-25(27-17-24(22)23)31-21(5)10-8-15-26(28,29)30/h7,11-12,25,27,31H,4-6,8-10,13-17H2,1-3H3/b19-18+. The Morgan fingerprint density at radius 3 is 2.48 bits per heavy atom. The van der Waals surface area contributed by atoms with Gasteiger partial charge in [0.05, 0.1) is 0 Å². The number of rotatable bonds is 11. The lowest BCUT2D eigenvalue weighted by atomic mass is 9.57. The Kier molecular flexibility index (Phi) is 9.52. The second-order valence-corrected chi connectivity index (χ2v) is 9.01. The number of benzene rings is 1. The Labute approximate surface area is 187 Å². The summed E-state index contributed by atoms with van der Waals surface area (Å²) in [6, 6.07) is 6.46. The molecule has 1 aromatic carbocycles. The van der Waals surface area contributed by atoms with Gasteiger partial charge in [0.1, 0.15) is 0 Å². The van der Waals surface area contributed by atoms with E-state index in [2.05, 4.69) is 57.4 Å². The summed E-state index contributed by atoms with van der Waals surface area (Å²) in [5.74, 6) is 0.233. The fourth-order valence-electron chi connectivity index (χ4n) is 4.40. The maximum Gasteiger partial charge on any atom is 0.389 e. The SMILES string of the molecule is C=C(CCCC(F)(F)F)NC1BCc2c(cccc2C(=C)CC/C(C)=C(\C)CCC)C1. The molecular weight excluding hydrogens is 394 g/mol. The van der Waals surface area contributed by atoms with Crippen LogP contribution in [-0.2, 0) is 12.7 Å². The van der Waals surface area contributed by atoms with Gasteiger partial charge in [-0.1, -0.05) is 55.8 Å². The van der Waals surface area contributed by atoms with E-state index in [0.29, 0.717) is 12.1 Å². The second-order valence-electron chi connectivity index (χ2n) is 9.01. The van der Waals surface area contributed by atoms with E-state index in [9.17, 15) is 13.2 Å². The first kappa shape index (κ1) is 25.4. The predicted octanol–water partition coefficient (Wildman–Crippen LogP) is 7.27. The maximum absolute atomic E-state index is 12.3. The van der Waals surface area contributed by atoms with Crippen LogP contribution in [0.15, 0.2) is 48.2 Å². The number of hydrogen-bond acceptors (Lipinski definition) is 1. The van der Waals surface area contributed by atoms with E-state index < -0.39 is 12.6 Å². The summed E-state index contributed by atoms with van der Waals surface area (Å²) in [7, 11) is 0.962. The van der Waals surface area contributed by atoms with Crippen molar-refractivity contribution in [2.45, 2.75) is 90.6 Å². The van der Waals surface area contributed by atoms with Crippen molar-refractivity contribution in [2.75, 3.05) is 0 Å². The van der Waals surface area contributed by atoms with Crippen molar-refractivity contribution in [1.29, 1.82) is 0 Å². The molecule has 2 rings (SSSR count). The molecular formula is C26H37BF3N. The predicted molar refractivity (Wildman–Crippen MR) is 129 cm³/mol. The van der Waals surface area contributed by atoms with E-state index in [1.54, 1.807) is 0 Å². The molecule has 0 bridgehead atoms. The summed E-state index contributed by atoms with van der Waals surface area (Å²) in [6.45, 7) is 15.0. The lowest BCUT2D eigenvalue weighted by Crippen LogP contribution is -2.40. The van der Waals surface area contributed by atoms with Crippen molar-refractivity contribution >= 4 is 12.9 Å². The molecule has 0 saturated heterocycles. The molecule has 0 aliphatic carbocycles. The fraction of sp³-hybridized carbons (Fsp3) is 0.538. The average Bonchev–Trinajstić information content (AvgIpc) is 2.70. The zero-order valence-electron chi connectivity index (χ0n) is 19.4. The zero-order chi connectivity index (χ0) is 23.0. The highest BCUT2D eigenvalue weighted by atomic mass is 19.4. The lowest BCUT2D eigenvalue weighted by molar-refractivity contribution is -0.135. The molecule has 0 fully saturated rings. The maximum atomic E-state index is 12.3. The van der Waals surface area contributed by atoms with Gasteiger partial charge >= 0.3 is 6.18 Å². The molecule has 1 aromatic rings. The first-order valence-electron chi connectivity index (χ1n) is 11.6. The second kappa shape index (κ2) is 11.6. The summed E-state index contributed by atoms with van der Waals surface area (Å²) in [4.78, 5) is 0. The molecule has 1 atom stereocenters. The van der Waals surface area contributed by atoms with Gasteiger partial charge in [-0.3, -0.25) is 0 Å². The van der Waals surface area contributed by atoms with Crippen molar-refractivity contribution in [3.63, 3.8) is 0 Å². The highest BCUT2D eigenvalue weighted by Gasteiger charge is 2.26. The van der Waals surface area contributed by atoms with Crippen molar-refractivity contribution in [3.8, 4) is 0 Å². The molecule has 0 aromatic heterocycles. The molecule has 1 N–H and O–H groups in total. The highest BCUT2D eigenvalue weighted by Crippen LogP contribution is 2.30. The van der Waals surface area contributed by atoms with E-state index in [0.717, 1.165) is 39.3 Å². The fourth-order valence-corrected chi connectivity index (χ4v) is 4.40. The Balaban J connectivity index is 1.94. The van der Waals surface area contributed by atoms with Gasteiger partial charge in [0.15, 0.2) is 7.28 Å². The van der Waals surface area contributed by atoms with Crippen LogP contribution in [0.3, 0.4) is 0 Å². The summed E-state index contributed by atoms with van der Waals surface area (Å²) in [6.07, 6.45) is 1.82. The highest BCUT2D eigenvalue weighted by molar-refractivity contribution is 6.38. The van der Waals surface area contributed by atoms with Crippen LogP contribution in [0.2, 0.25) is 0 Å². The lowest BCUT2D eigenvalue weighted by Gasteiger charge is -2.28. The summed E-state index contributed by atoms with van der Waals surface area (Å²) in [5.41, 5.74) is 8.86. The molecule has 1 unspecified atom stereocenters. The van der Waals surface area contributed by atoms with Crippen LogP contribution >= 0.6 is 0 Å². The van der Waals surface area contributed by atoms with Crippen LogP contribution in [-0.4, -0.2) is 19.4 Å². The first-order chi connectivity index (χ1) is 14.6. The molecule has 0 saturated carbocycles. The van der Waals surface area contributed by atoms with E-state index in [1.807, 2.05) is 0 Å². The molecule has 170 valence electrons. The quantitative estimate of drug-likeness (QED) is 0.287. The third-order valence-corrected chi connectivity index (χ3v) is 6.37. The van der Waals surface area contributed by atoms with Crippen LogP contribution in [0.4, 0.5) is 13.2 Å². The summed E-state index contributed by atoms with van der Waals surface area (Å²) < 4.78 is 37.0. The van der Waals surface area contributed by atoms with Crippen LogP contribution < -0.4 is 5.32 Å². The van der Waals surface area contributed by atoms with Gasteiger partial charge in [0, 0.05) is 18.1 Å². The third kappa shape index (κ3) is 8.27. The minimum absolute atomic E-state index is 0.0915. The van der Waals surface area contributed by atoms with Crippen LogP contribution in [0.1, 0.15) is 82.4 Å². The van der Waals surface area contributed by atoms with Gasteiger partial charge in [-0.15, -0.1) is 0 Å². The molecule has 1 heterocycles. The number of halogens is 3. The molecule has 1 nitrogen and oxygen atoms in total. The average molecular weight is 431 g/mol. The zero-order valence-corrected chi connectivity index (χ0v) is 19.4. The normalized spacial score (nSPS) is 16.8.